The van der Waals surface area contributed by atoms with Crippen LogP contribution in [0.1, 0.15) is 57.1 Å². The molecular weight excluding hydrogens is 744 g/mol. The molecule has 0 bridgehead atoms. The zero-order chi connectivity index (χ0) is 41.5. The molecule has 19 heteroatoms. The lowest BCUT2D eigenvalue weighted by atomic mass is 9.98. The van der Waals surface area contributed by atoms with Gasteiger partial charge < -0.3 is 41.4 Å². The molecule has 0 radical (unpaired) electrons. The lowest BCUT2D eigenvalue weighted by Crippen LogP contribution is -2.48. The van der Waals surface area contributed by atoms with E-state index in [9.17, 15) is 44.2 Å². The number of nitro benzene ring substituents is 2. The molecule has 304 valence electrons. The van der Waals surface area contributed by atoms with Crippen molar-refractivity contribution in [2.45, 2.75) is 57.6 Å². The largest absolute Gasteiger partial charge is 0.449 e. The Labute approximate surface area is 327 Å². The van der Waals surface area contributed by atoms with Gasteiger partial charge in [0.25, 0.3) is 11.4 Å². The van der Waals surface area contributed by atoms with Crippen molar-refractivity contribution in [1.82, 2.24) is 26.6 Å². The first kappa shape index (κ1) is 42.9. The summed E-state index contributed by atoms with van der Waals surface area (Å²) in [4.78, 5) is 83.4. The first-order valence-corrected chi connectivity index (χ1v) is 18.2. The summed E-state index contributed by atoms with van der Waals surface area (Å²) in [6.45, 7) is 4.53. The summed E-state index contributed by atoms with van der Waals surface area (Å²) in [5, 5.41) is 38.0. The Morgan fingerprint density at radius 3 is 2.00 bits per heavy atom. The summed E-state index contributed by atoms with van der Waals surface area (Å²) in [5.41, 5.74) is 2.47. The predicted octanol–water partition coefficient (Wildman–Crippen LogP) is 3.87. The number of hydrogen-bond donors (Lipinski definition) is 6. The average molecular weight is 791 g/mol. The molecule has 1 atom stereocenters. The smallest absolute Gasteiger partial charge is 0.408 e. The van der Waals surface area contributed by atoms with Crippen molar-refractivity contribution in [3.63, 3.8) is 0 Å². The second-order valence-corrected chi connectivity index (χ2v) is 13.9. The summed E-state index contributed by atoms with van der Waals surface area (Å²) in [7, 11) is 0. The van der Waals surface area contributed by atoms with Crippen molar-refractivity contribution in [2.24, 2.45) is 0 Å². The summed E-state index contributed by atoms with van der Waals surface area (Å²) in [6, 6.07) is 17.8. The molecule has 0 saturated heterocycles. The van der Waals surface area contributed by atoms with Gasteiger partial charge in [0.15, 0.2) is 0 Å². The highest BCUT2D eigenvalue weighted by molar-refractivity contribution is 5.87. The highest BCUT2D eigenvalue weighted by Crippen LogP contribution is 2.44. The third-order valence-corrected chi connectivity index (χ3v) is 8.56. The third-order valence-electron chi connectivity index (χ3n) is 8.56. The Morgan fingerprint density at radius 1 is 0.737 bits per heavy atom. The highest BCUT2D eigenvalue weighted by Gasteiger charge is 2.30. The Morgan fingerprint density at radius 2 is 1.37 bits per heavy atom. The molecule has 5 amide bonds. The van der Waals surface area contributed by atoms with Crippen molar-refractivity contribution in [1.29, 1.82) is 0 Å². The minimum Gasteiger partial charge on any atom is -0.449 e. The van der Waals surface area contributed by atoms with E-state index in [1.165, 1.54) is 6.07 Å². The van der Waals surface area contributed by atoms with E-state index in [2.05, 4.69) is 31.9 Å². The van der Waals surface area contributed by atoms with E-state index < -0.39 is 62.8 Å². The minimum atomic E-state index is -1.05. The predicted molar refractivity (Wildman–Crippen MR) is 207 cm³/mol. The second kappa shape index (κ2) is 20.2. The van der Waals surface area contributed by atoms with E-state index in [4.69, 9.17) is 9.47 Å². The fourth-order valence-electron chi connectivity index (χ4n) is 5.96. The number of carbonyl (C=O) groups excluding carboxylic acids is 5. The maximum atomic E-state index is 13.3. The van der Waals surface area contributed by atoms with Crippen molar-refractivity contribution < 1.29 is 43.3 Å². The number of nitrogens with one attached hydrogen (secondary N) is 6. The lowest BCUT2D eigenvalue weighted by Gasteiger charge is -2.20. The third kappa shape index (κ3) is 13.2. The Hall–Kier alpha value is -6.79. The monoisotopic (exact) mass is 790 g/mol. The maximum Gasteiger partial charge on any atom is 0.408 e. The van der Waals surface area contributed by atoms with E-state index in [1.807, 2.05) is 48.5 Å². The summed E-state index contributed by atoms with van der Waals surface area (Å²) in [5.74, 6) is -1.84. The van der Waals surface area contributed by atoms with Gasteiger partial charge in [-0.2, -0.15) is 0 Å². The average Bonchev–Trinajstić information content (AvgIpc) is 3.49. The van der Waals surface area contributed by atoms with Gasteiger partial charge in [-0.3, -0.25) is 34.6 Å². The number of nitrogens with zero attached hydrogens (tertiary/aromatic N) is 2. The van der Waals surface area contributed by atoms with Gasteiger partial charge in [0.2, 0.25) is 17.7 Å². The number of hydrogen-bond acceptors (Lipinski definition) is 12. The van der Waals surface area contributed by atoms with Crippen molar-refractivity contribution >= 4 is 47.0 Å². The molecule has 57 heavy (non-hydrogen) atoms. The molecule has 1 aliphatic carbocycles. The van der Waals surface area contributed by atoms with E-state index in [-0.39, 0.29) is 57.4 Å². The van der Waals surface area contributed by atoms with E-state index in [0.717, 1.165) is 34.4 Å². The lowest BCUT2D eigenvalue weighted by molar-refractivity contribution is -0.393. The fourth-order valence-corrected chi connectivity index (χ4v) is 5.96. The number of non-ortho nitro benzene ring substituents is 1. The van der Waals surface area contributed by atoms with Gasteiger partial charge in [0, 0.05) is 31.6 Å². The normalized spacial score (nSPS) is 12.2. The Kier molecular flexibility index (Phi) is 15.2. The van der Waals surface area contributed by atoms with Crippen LogP contribution in [0.2, 0.25) is 0 Å². The van der Waals surface area contributed by atoms with Crippen LogP contribution in [-0.2, 0) is 23.9 Å². The molecule has 3 aromatic carbocycles. The van der Waals surface area contributed by atoms with Gasteiger partial charge in [-0.05, 0) is 68.4 Å². The topological polar surface area (TPSA) is 262 Å². The molecule has 0 aromatic heterocycles. The number of unbranched alkanes of at least 4 members (excludes halogenated alkanes) is 1. The molecule has 0 aliphatic heterocycles. The maximum absolute atomic E-state index is 13.3. The van der Waals surface area contributed by atoms with Crippen LogP contribution in [0.15, 0.2) is 66.7 Å². The summed E-state index contributed by atoms with van der Waals surface area (Å²) < 4.78 is 10.7. The number of alkyl carbamates (subject to hydrolysis) is 2. The van der Waals surface area contributed by atoms with Crippen LogP contribution in [0, 0.1) is 20.2 Å². The fraction of sp³-hybridized carbons (Fsp3) is 0.395. The minimum absolute atomic E-state index is 0.0156. The van der Waals surface area contributed by atoms with Gasteiger partial charge in [0.05, 0.1) is 22.5 Å². The molecule has 0 unspecified atom stereocenters. The number of carbonyl (C=O) groups is 5. The van der Waals surface area contributed by atoms with Crippen LogP contribution in [0.4, 0.5) is 26.7 Å². The van der Waals surface area contributed by atoms with Crippen LogP contribution >= 0.6 is 0 Å². The number of anilines is 1. The Bertz CT molecular complexity index is 1920. The molecule has 0 spiro atoms. The summed E-state index contributed by atoms with van der Waals surface area (Å²) in [6.07, 6.45) is -0.655. The molecule has 3 aromatic rings. The van der Waals surface area contributed by atoms with Gasteiger partial charge in [-0.1, -0.05) is 48.5 Å². The molecule has 0 fully saturated rings. The van der Waals surface area contributed by atoms with Crippen LogP contribution in [0.25, 0.3) is 11.1 Å². The molecular formula is C38H46N8O11. The van der Waals surface area contributed by atoms with Crippen LogP contribution in [0.3, 0.4) is 0 Å². The standard InChI is InChI=1S/C38H46N8O11/c1-38(2,3)57-36(50)43-22-34(48)42-21-33(47)40-17-9-8-14-31(35(49)41-19-18-39-30-16-15-24(45(52)53)20-32(30)46(54)55)44-37(51)56-23-29-27-12-6-4-10-25(27)26-11-5-7-13-28(26)29/h4-7,10-13,15-16,20,29,31,39H,8-9,14,17-19,21-23H2,1-3H3,(H,40,47)(H,41,49)(H,42,48)(H,43,50)(H,44,51)/t31-/m0/s1. The van der Waals surface area contributed by atoms with E-state index >= 15 is 0 Å². The van der Waals surface area contributed by atoms with Crippen LogP contribution < -0.4 is 31.9 Å². The zero-order valence-corrected chi connectivity index (χ0v) is 31.8. The number of fused-ring (bicyclic) bond motifs is 3. The van der Waals surface area contributed by atoms with E-state index in [1.54, 1.807) is 20.8 Å². The first-order chi connectivity index (χ1) is 27.1. The molecule has 0 heterocycles. The summed E-state index contributed by atoms with van der Waals surface area (Å²) >= 11 is 0. The van der Waals surface area contributed by atoms with Crippen LogP contribution in [-0.4, -0.2) is 90.7 Å². The molecule has 6 N–H and O–H groups in total. The highest BCUT2D eigenvalue weighted by atomic mass is 16.6. The van der Waals surface area contributed by atoms with Gasteiger partial charge >= 0.3 is 12.2 Å². The van der Waals surface area contributed by atoms with Gasteiger partial charge in [0.1, 0.15) is 30.5 Å². The number of amides is 5. The molecule has 19 nitrogen and oxygen atoms in total. The van der Waals surface area contributed by atoms with E-state index in [0.29, 0.717) is 12.8 Å². The van der Waals surface area contributed by atoms with Gasteiger partial charge in [-0.25, -0.2) is 9.59 Å². The second-order valence-electron chi connectivity index (χ2n) is 13.9. The van der Waals surface area contributed by atoms with Crippen molar-refractivity contribution in [3.05, 3.63) is 98.1 Å². The van der Waals surface area contributed by atoms with Gasteiger partial charge in [-0.15, -0.1) is 0 Å². The van der Waals surface area contributed by atoms with Crippen molar-refractivity contribution in [2.75, 3.05) is 44.6 Å². The van der Waals surface area contributed by atoms with Crippen LogP contribution in [0.5, 0.6) is 0 Å². The SMILES string of the molecule is CC(C)(C)OC(=O)NCC(=O)NCC(=O)NCCCC[C@H](NC(=O)OCC1c2ccccc2-c2ccccc21)C(=O)NCCNc1ccc([N+](=O)[O-])cc1[N+](=O)[O-]. The zero-order valence-electron chi connectivity index (χ0n) is 31.8. The van der Waals surface area contributed by atoms with Crippen molar-refractivity contribution in [3.8, 4) is 11.1 Å². The number of benzene rings is 3. The number of nitro groups is 2. The quantitative estimate of drug-likeness (QED) is 0.0575. The number of rotatable bonds is 19. The Balaban J connectivity index is 1.28. The molecule has 4 rings (SSSR count). The molecule has 0 saturated carbocycles. The molecule has 1 aliphatic rings. The first-order valence-electron chi connectivity index (χ1n) is 18.2. The number of ether oxygens (including phenoxy) is 2.